The number of nitriles is 1. The minimum absolute atomic E-state index is 0.241. The first-order valence-electron chi connectivity index (χ1n) is 3.45. The van der Waals surface area contributed by atoms with Gasteiger partial charge in [-0.25, -0.2) is 0 Å². The lowest BCUT2D eigenvalue weighted by Crippen LogP contribution is -1.96. The van der Waals surface area contributed by atoms with Gasteiger partial charge in [-0.15, -0.1) is 11.3 Å². The van der Waals surface area contributed by atoms with Crippen LogP contribution in [0, 0.1) is 11.3 Å². The lowest BCUT2D eigenvalue weighted by Gasteiger charge is -2.01. The molecule has 0 aliphatic carbocycles. The van der Waals surface area contributed by atoms with E-state index in [1.54, 1.807) is 11.4 Å². The summed E-state index contributed by atoms with van der Waals surface area (Å²) in [5.41, 5.74) is 8.70. The van der Waals surface area contributed by atoms with Crippen molar-refractivity contribution in [1.82, 2.24) is 0 Å². The van der Waals surface area contributed by atoms with E-state index in [4.69, 9.17) is 15.9 Å². The second-order valence-corrected chi connectivity index (χ2v) is 3.20. The van der Waals surface area contributed by atoms with E-state index in [0.29, 0.717) is 10.4 Å². The Kier molecular flexibility index (Phi) is 3.29. The first-order chi connectivity index (χ1) is 6.31. The third kappa shape index (κ3) is 2.20. The molecule has 0 aliphatic heterocycles. The Balaban J connectivity index is 2.92. The number of aliphatic hydroxyl groups is 1. The van der Waals surface area contributed by atoms with E-state index < -0.39 is 6.04 Å². The fourth-order valence-corrected chi connectivity index (χ4v) is 1.69. The van der Waals surface area contributed by atoms with Crippen LogP contribution in [0.25, 0.3) is 10.4 Å². The predicted molar refractivity (Wildman–Crippen MR) is 48.0 cm³/mol. The van der Waals surface area contributed by atoms with E-state index in [-0.39, 0.29) is 6.61 Å². The van der Waals surface area contributed by atoms with Gasteiger partial charge in [0.2, 0.25) is 0 Å². The van der Waals surface area contributed by atoms with Gasteiger partial charge in [0.15, 0.2) is 0 Å². The van der Waals surface area contributed by atoms with Crippen molar-refractivity contribution >= 4 is 11.3 Å². The third-order valence-corrected chi connectivity index (χ3v) is 2.48. The summed E-state index contributed by atoms with van der Waals surface area (Å²) in [6, 6.07) is 3.00. The molecule has 1 aromatic heterocycles. The van der Waals surface area contributed by atoms with Crippen molar-refractivity contribution in [2.24, 2.45) is 5.11 Å². The van der Waals surface area contributed by atoms with Crippen LogP contribution in [0.3, 0.4) is 0 Å². The van der Waals surface area contributed by atoms with Crippen LogP contribution in [-0.4, -0.2) is 11.7 Å². The number of hydrogen-bond donors (Lipinski definition) is 1. The Labute approximate surface area is 78.5 Å². The summed E-state index contributed by atoms with van der Waals surface area (Å²) in [4.78, 5) is 3.31. The highest BCUT2D eigenvalue weighted by molar-refractivity contribution is 7.10. The average molecular weight is 194 g/mol. The molecule has 5 nitrogen and oxygen atoms in total. The Morgan fingerprint density at radius 2 is 2.62 bits per heavy atom. The molecular formula is C7H6N4OS. The van der Waals surface area contributed by atoms with Gasteiger partial charge in [0.25, 0.3) is 0 Å². The number of hydrogen-bond acceptors (Lipinski definition) is 4. The zero-order chi connectivity index (χ0) is 9.68. The van der Waals surface area contributed by atoms with Crippen molar-refractivity contribution in [3.63, 3.8) is 0 Å². The molecule has 1 atom stereocenters. The van der Waals surface area contributed by atoms with Gasteiger partial charge in [0.05, 0.1) is 18.2 Å². The summed E-state index contributed by atoms with van der Waals surface area (Å²) in [6.07, 6.45) is 0. The molecule has 1 rings (SSSR count). The topological polar surface area (TPSA) is 92.8 Å². The number of nitrogens with zero attached hydrogens (tertiary/aromatic N) is 4. The molecular weight excluding hydrogens is 188 g/mol. The van der Waals surface area contributed by atoms with Gasteiger partial charge in [0, 0.05) is 15.2 Å². The summed E-state index contributed by atoms with van der Waals surface area (Å²) in [7, 11) is 0. The summed E-state index contributed by atoms with van der Waals surface area (Å²) in [5, 5.41) is 22.4. The zero-order valence-corrected chi connectivity index (χ0v) is 7.40. The van der Waals surface area contributed by atoms with E-state index in [9.17, 15) is 0 Å². The highest BCUT2D eigenvalue weighted by Crippen LogP contribution is 2.24. The average Bonchev–Trinajstić information content (AvgIpc) is 2.62. The zero-order valence-electron chi connectivity index (χ0n) is 6.58. The summed E-state index contributed by atoms with van der Waals surface area (Å²) < 4.78 is 0. The Bertz CT molecular complexity index is 374. The van der Waals surface area contributed by atoms with Crippen molar-refractivity contribution in [1.29, 1.82) is 5.26 Å². The van der Waals surface area contributed by atoms with E-state index in [1.807, 2.05) is 6.07 Å². The third-order valence-electron chi connectivity index (χ3n) is 1.44. The van der Waals surface area contributed by atoms with Crippen molar-refractivity contribution in [2.75, 3.05) is 6.61 Å². The first-order valence-corrected chi connectivity index (χ1v) is 4.33. The smallest absolute Gasteiger partial charge is 0.100 e. The largest absolute Gasteiger partial charge is 0.396 e. The monoisotopic (exact) mass is 194 g/mol. The maximum absolute atomic E-state index is 8.85. The number of thiophene rings is 1. The van der Waals surface area contributed by atoms with Crippen LogP contribution in [0.1, 0.15) is 16.5 Å². The maximum atomic E-state index is 8.85. The molecule has 0 aliphatic rings. The predicted octanol–water partition coefficient (Wildman–Crippen LogP) is 1.96. The van der Waals surface area contributed by atoms with E-state index in [2.05, 4.69) is 10.0 Å². The second-order valence-electron chi connectivity index (χ2n) is 2.25. The van der Waals surface area contributed by atoms with Crippen molar-refractivity contribution in [3.8, 4) is 6.07 Å². The van der Waals surface area contributed by atoms with Crippen molar-refractivity contribution in [3.05, 3.63) is 32.3 Å². The normalized spacial score (nSPS) is 11.4. The number of azide groups is 1. The maximum Gasteiger partial charge on any atom is 0.100 e. The highest BCUT2D eigenvalue weighted by Gasteiger charge is 2.10. The van der Waals surface area contributed by atoms with E-state index >= 15 is 0 Å². The Morgan fingerprint density at radius 1 is 1.85 bits per heavy atom. The second kappa shape index (κ2) is 4.48. The van der Waals surface area contributed by atoms with Gasteiger partial charge in [-0.2, -0.15) is 5.26 Å². The van der Waals surface area contributed by atoms with Crippen molar-refractivity contribution < 1.29 is 5.11 Å². The van der Waals surface area contributed by atoms with Crippen LogP contribution < -0.4 is 0 Å². The number of rotatable bonds is 3. The molecule has 0 saturated carbocycles. The Morgan fingerprint density at radius 3 is 3.08 bits per heavy atom. The van der Waals surface area contributed by atoms with Crippen LogP contribution in [0.15, 0.2) is 16.6 Å². The SMILES string of the molecule is N#Cc1csc(C(CO)N=[N+]=[N-])c1. The molecule has 0 aromatic carbocycles. The minimum atomic E-state index is -0.572. The minimum Gasteiger partial charge on any atom is -0.396 e. The van der Waals surface area contributed by atoms with Crippen LogP contribution in [0.4, 0.5) is 0 Å². The van der Waals surface area contributed by atoms with Crippen LogP contribution in [-0.2, 0) is 0 Å². The lowest BCUT2D eigenvalue weighted by molar-refractivity contribution is 0.269. The first kappa shape index (κ1) is 9.55. The Hall–Kier alpha value is -1.54. The van der Waals surface area contributed by atoms with Gasteiger partial charge in [-0.05, 0) is 11.6 Å². The molecule has 1 N–H and O–H groups in total. The van der Waals surface area contributed by atoms with Gasteiger partial charge in [0.1, 0.15) is 6.07 Å². The molecule has 0 fully saturated rings. The summed E-state index contributed by atoms with van der Waals surface area (Å²) in [5.74, 6) is 0. The van der Waals surface area contributed by atoms with Gasteiger partial charge in [-0.3, -0.25) is 0 Å². The summed E-state index contributed by atoms with van der Waals surface area (Å²) in [6.45, 7) is -0.241. The van der Waals surface area contributed by atoms with E-state index in [0.717, 1.165) is 0 Å². The fourth-order valence-electron chi connectivity index (χ4n) is 0.832. The lowest BCUT2D eigenvalue weighted by atomic mass is 10.2. The molecule has 1 heterocycles. The molecule has 13 heavy (non-hydrogen) atoms. The van der Waals surface area contributed by atoms with Crippen LogP contribution in [0.2, 0.25) is 0 Å². The quantitative estimate of drug-likeness (QED) is 0.452. The fraction of sp³-hybridized carbons (Fsp3) is 0.286. The highest BCUT2D eigenvalue weighted by atomic mass is 32.1. The van der Waals surface area contributed by atoms with Crippen molar-refractivity contribution in [2.45, 2.75) is 6.04 Å². The van der Waals surface area contributed by atoms with Gasteiger partial charge < -0.3 is 5.11 Å². The molecule has 66 valence electrons. The molecule has 0 bridgehead atoms. The molecule has 0 saturated heterocycles. The standard InChI is InChI=1S/C7H6N4OS/c8-2-5-1-7(13-4-5)6(3-12)10-11-9/h1,4,6,12H,3H2. The molecule has 1 aromatic rings. The molecule has 0 amide bonds. The molecule has 1 unspecified atom stereocenters. The van der Waals surface area contributed by atoms with Gasteiger partial charge >= 0.3 is 0 Å². The van der Waals surface area contributed by atoms with Crippen LogP contribution >= 0.6 is 11.3 Å². The molecule has 6 heteroatoms. The van der Waals surface area contributed by atoms with Crippen LogP contribution in [0.5, 0.6) is 0 Å². The molecule has 0 radical (unpaired) electrons. The number of aliphatic hydroxyl groups excluding tert-OH is 1. The van der Waals surface area contributed by atoms with E-state index in [1.165, 1.54) is 11.3 Å². The summed E-state index contributed by atoms with van der Waals surface area (Å²) >= 11 is 1.30. The molecule has 0 spiro atoms. The van der Waals surface area contributed by atoms with Gasteiger partial charge in [-0.1, -0.05) is 5.11 Å².